The maximum atomic E-state index is 11.3. The van der Waals surface area contributed by atoms with Gasteiger partial charge >= 0.3 is 0 Å². The highest BCUT2D eigenvalue weighted by Gasteiger charge is 2.22. The second-order valence-corrected chi connectivity index (χ2v) is 6.42. The van der Waals surface area contributed by atoms with E-state index >= 15 is 0 Å². The Balaban J connectivity index is 2.01. The zero-order chi connectivity index (χ0) is 18.8. The van der Waals surface area contributed by atoms with E-state index in [0.29, 0.717) is 10.8 Å². The fraction of sp³-hybridized carbons (Fsp3) is 0.133. The molecular weight excluding hydrogens is 360 g/mol. The molecule has 0 fully saturated rings. The summed E-state index contributed by atoms with van der Waals surface area (Å²) in [6.07, 6.45) is 0. The first-order chi connectivity index (χ1) is 12.4. The first kappa shape index (κ1) is 17.5. The highest BCUT2D eigenvalue weighted by Crippen LogP contribution is 2.36. The van der Waals surface area contributed by atoms with Crippen LogP contribution in [0.1, 0.15) is 11.1 Å². The lowest BCUT2D eigenvalue weighted by molar-refractivity contribution is -0.396. The Hall–Kier alpha value is -3.34. The van der Waals surface area contributed by atoms with Crippen LogP contribution in [0.25, 0.3) is 5.69 Å². The van der Waals surface area contributed by atoms with Gasteiger partial charge in [0.05, 0.1) is 26.5 Å². The molecule has 1 heterocycles. The second kappa shape index (κ2) is 6.88. The number of aryl methyl sites for hydroxylation is 2. The Bertz CT molecular complexity index is 1020. The number of tetrazole rings is 1. The van der Waals surface area contributed by atoms with Crippen molar-refractivity contribution in [2.45, 2.75) is 23.9 Å². The summed E-state index contributed by atoms with van der Waals surface area (Å²) in [6.45, 7) is 3.94. The molecule has 0 unspecified atom stereocenters. The SMILES string of the molecule is Cc1ccc(-n2nnnc2Sc2ccc([N+](=O)[O-])cc2[N+](=O)[O-])cc1C. The summed E-state index contributed by atoms with van der Waals surface area (Å²) < 4.78 is 1.46. The summed E-state index contributed by atoms with van der Waals surface area (Å²) in [5.41, 5.74) is 2.15. The van der Waals surface area contributed by atoms with Gasteiger partial charge in [-0.05, 0) is 65.4 Å². The molecule has 0 N–H and O–H groups in total. The lowest BCUT2D eigenvalue weighted by atomic mass is 10.1. The zero-order valence-corrected chi connectivity index (χ0v) is 14.5. The minimum atomic E-state index is -0.680. The molecule has 1 aromatic heterocycles. The van der Waals surface area contributed by atoms with Gasteiger partial charge in [0.25, 0.3) is 11.4 Å². The van der Waals surface area contributed by atoms with Crippen molar-refractivity contribution < 1.29 is 9.85 Å². The lowest BCUT2D eigenvalue weighted by Crippen LogP contribution is -2.00. The monoisotopic (exact) mass is 372 g/mol. The maximum Gasteiger partial charge on any atom is 0.290 e. The predicted octanol–water partition coefficient (Wildman–Crippen LogP) is 3.25. The molecule has 3 rings (SSSR count). The number of nitro groups is 2. The fourth-order valence-electron chi connectivity index (χ4n) is 2.21. The summed E-state index contributed by atoms with van der Waals surface area (Å²) in [5.74, 6) is 0. The molecule has 0 aliphatic carbocycles. The largest absolute Gasteiger partial charge is 0.290 e. The van der Waals surface area contributed by atoms with Crippen LogP contribution in [0.3, 0.4) is 0 Å². The molecule has 26 heavy (non-hydrogen) atoms. The molecule has 3 aromatic rings. The van der Waals surface area contributed by atoms with Crippen LogP contribution in [-0.4, -0.2) is 30.1 Å². The smallest absolute Gasteiger partial charge is 0.258 e. The highest BCUT2D eigenvalue weighted by atomic mass is 32.2. The van der Waals surface area contributed by atoms with Crippen LogP contribution in [0.2, 0.25) is 0 Å². The summed E-state index contributed by atoms with van der Waals surface area (Å²) >= 11 is 0.964. The number of hydrogen-bond acceptors (Lipinski definition) is 8. The molecule has 0 amide bonds. The minimum Gasteiger partial charge on any atom is -0.258 e. The van der Waals surface area contributed by atoms with Crippen LogP contribution < -0.4 is 0 Å². The molecular formula is C15H12N6O4S. The van der Waals surface area contributed by atoms with Gasteiger partial charge in [-0.15, -0.1) is 5.10 Å². The third-order valence-corrected chi connectivity index (χ3v) is 4.73. The van der Waals surface area contributed by atoms with E-state index in [9.17, 15) is 20.2 Å². The third-order valence-electron chi connectivity index (χ3n) is 3.73. The average molecular weight is 372 g/mol. The van der Waals surface area contributed by atoms with E-state index in [1.54, 1.807) is 0 Å². The molecule has 132 valence electrons. The highest BCUT2D eigenvalue weighted by molar-refractivity contribution is 7.99. The Morgan fingerprint density at radius 3 is 2.42 bits per heavy atom. The number of non-ortho nitro benzene ring substituents is 1. The molecule has 0 bridgehead atoms. The van der Waals surface area contributed by atoms with Gasteiger partial charge in [-0.1, -0.05) is 6.07 Å². The lowest BCUT2D eigenvalue weighted by Gasteiger charge is -2.07. The second-order valence-electron chi connectivity index (χ2n) is 5.41. The number of benzene rings is 2. The molecule has 0 radical (unpaired) electrons. The van der Waals surface area contributed by atoms with Crippen molar-refractivity contribution in [3.05, 3.63) is 67.8 Å². The molecule has 2 aromatic carbocycles. The standard InChI is InChI=1S/C15H12N6O4S/c1-9-3-4-11(7-10(9)2)19-15(16-17-18-19)26-14-6-5-12(20(22)23)8-13(14)21(24)25/h3-8H,1-2H3. The van der Waals surface area contributed by atoms with Crippen molar-refractivity contribution in [2.24, 2.45) is 0 Å². The van der Waals surface area contributed by atoms with Crippen LogP contribution >= 0.6 is 11.8 Å². The first-order valence-electron chi connectivity index (χ1n) is 7.33. The van der Waals surface area contributed by atoms with Crippen LogP contribution in [0.4, 0.5) is 11.4 Å². The summed E-state index contributed by atoms with van der Waals surface area (Å²) in [6, 6.07) is 9.12. The molecule has 0 saturated heterocycles. The molecule has 11 heteroatoms. The molecule has 0 aliphatic rings. The number of rotatable bonds is 5. The molecule has 10 nitrogen and oxygen atoms in total. The van der Waals surface area contributed by atoms with E-state index in [4.69, 9.17) is 0 Å². The first-order valence-corrected chi connectivity index (χ1v) is 8.15. The fourth-order valence-corrected chi connectivity index (χ4v) is 3.09. The third kappa shape index (κ3) is 3.37. The number of hydrogen-bond donors (Lipinski definition) is 0. The average Bonchev–Trinajstić information content (AvgIpc) is 3.05. The van der Waals surface area contributed by atoms with Crippen LogP contribution in [-0.2, 0) is 0 Å². The van der Waals surface area contributed by atoms with Gasteiger partial charge in [0.15, 0.2) is 0 Å². The van der Waals surface area contributed by atoms with Gasteiger partial charge in [-0.25, -0.2) is 0 Å². The molecule has 0 saturated carbocycles. The summed E-state index contributed by atoms with van der Waals surface area (Å²) in [4.78, 5) is 21.0. The Morgan fingerprint density at radius 1 is 1.00 bits per heavy atom. The Kier molecular flexibility index (Phi) is 4.63. The van der Waals surface area contributed by atoms with Gasteiger partial charge < -0.3 is 0 Å². The normalized spacial score (nSPS) is 10.7. The Labute approximate surface area is 151 Å². The number of nitrogens with zero attached hydrogens (tertiary/aromatic N) is 6. The van der Waals surface area contributed by atoms with Crippen molar-refractivity contribution >= 4 is 23.1 Å². The van der Waals surface area contributed by atoms with Crippen molar-refractivity contribution in [1.29, 1.82) is 0 Å². The van der Waals surface area contributed by atoms with Crippen molar-refractivity contribution in [2.75, 3.05) is 0 Å². The number of aromatic nitrogens is 4. The van der Waals surface area contributed by atoms with Gasteiger partial charge in [0.2, 0.25) is 5.16 Å². The maximum absolute atomic E-state index is 11.3. The predicted molar refractivity (Wildman–Crippen MR) is 92.5 cm³/mol. The van der Waals surface area contributed by atoms with Crippen LogP contribution in [0.15, 0.2) is 46.5 Å². The van der Waals surface area contributed by atoms with E-state index in [-0.39, 0.29) is 16.3 Å². The molecule has 0 atom stereocenters. The van der Waals surface area contributed by atoms with Gasteiger partial charge in [0.1, 0.15) is 0 Å². The quantitative estimate of drug-likeness (QED) is 0.493. The van der Waals surface area contributed by atoms with Gasteiger partial charge in [-0.3, -0.25) is 20.2 Å². The van der Waals surface area contributed by atoms with E-state index in [0.717, 1.165) is 29.0 Å². The van der Waals surface area contributed by atoms with Crippen molar-refractivity contribution in [1.82, 2.24) is 20.2 Å². The van der Waals surface area contributed by atoms with E-state index < -0.39 is 9.85 Å². The van der Waals surface area contributed by atoms with Gasteiger partial charge in [-0.2, -0.15) is 4.68 Å². The zero-order valence-electron chi connectivity index (χ0n) is 13.7. The Morgan fingerprint density at radius 2 is 1.77 bits per heavy atom. The number of nitro benzene ring substituents is 2. The van der Waals surface area contributed by atoms with Crippen LogP contribution in [0, 0.1) is 34.1 Å². The molecule has 0 aliphatic heterocycles. The summed E-state index contributed by atoms with van der Waals surface area (Å²) in [5, 5.41) is 33.9. The molecule has 0 spiro atoms. The topological polar surface area (TPSA) is 130 Å². The summed E-state index contributed by atoms with van der Waals surface area (Å²) in [7, 11) is 0. The van der Waals surface area contributed by atoms with E-state index in [1.807, 2.05) is 32.0 Å². The van der Waals surface area contributed by atoms with Crippen molar-refractivity contribution in [3.63, 3.8) is 0 Å². The van der Waals surface area contributed by atoms with E-state index in [2.05, 4.69) is 15.5 Å². The van der Waals surface area contributed by atoms with Crippen LogP contribution in [0.5, 0.6) is 0 Å². The van der Waals surface area contributed by atoms with Crippen molar-refractivity contribution in [3.8, 4) is 5.69 Å². The van der Waals surface area contributed by atoms with E-state index in [1.165, 1.54) is 16.8 Å². The van der Waals surface area contributed by atoms with Gasteiger partial charge in [0, 0.05) is 6.07 Å². The minimum absolute atomic E-state index is 0.209.